The van der Waals surface area contributed by atoms with Crippen LogP contribution in [0, 0.1) is 6.92 Å². The summed E-state index contributed by atoms with van der Waals surface area (Å²) in [5, 5.41) is 2.83. The third-order valence-corrected chi connectivity index (χ3v) is 4.35. The third-order valence-electron chi connectivity index (χ3n) is 4.35. The highest BCUT2D eigenvalue weighted by molar-refractivity contribution is 5.96. The predicted octanol–water partition coefficient (Wildman–Crippen LogP) is 4.66. The van der Waals surface area contributed by atoms with E-state index in [2.05, 4.69) is 19.2 Å². The largest absolute Gasteiger partial charge is 0.481 e. The monoisotopic (exact) mass is 382 g/mol. The van der Waals surface area contributed by atoms with E-state index in [0.29, 0.717) is 17.0 Å². The van der Waals surface area contributed by atoms with Crippen LogP contribution < -0.4 is 10.1 Å². The minimum Gasteiger partial charge on any atom is -0.481 e. The Balaban J connectivity index is 1.97. The quantitative estimate of drug-likeness (QED) is 0.686. The lowest BCUT2D eigenvalue weighted by Crippen LogP contribution is -2.32. The number of rotatable bonds is 9. The average molecular weight is 383 g/mol. The Bertz CT molecular complexity index is 781. The summed E-state index contributed by atoms with van der Waals surface area (Å²) < 4.78 is 5.70. The average Bonchev–Trinajstić information content (AvgIpc) is 2.68. The molecule has 5 heteroatoms. The summed E-state index contributed by atoms with van der Waals surface area (Å²) in [6.45, 7) is 9.31. The highest BCUT2D eigenvalue weighted by Crippen LogP contribution is 2.16. The molecule has 2 aromatic carbocycles. The maximum absolute atomic E-state index is 12.6. The first-order chi connectivity index (χ1) is 13.4. The number of ether oxygens (including phenoxy) is 1. The molecule has 1 N–H and O–H groups in total. The lowest BCUT2D eigenvalue weighted by Gasteiger charge is -2.21. The molecule has 0 spiro atoms. The van der Waals surface area contributed by atoms with Crippen LogP contribution in [0.5, 0.6) is 5.75 Å². The van der Waals surface area contributed by atoms with Crippen LogP contribution in [0.15, 0.2) is 48.5 Å². The van der Waals surface area contributed by atoms with Gasteiger partial charge in [-0.3, -0.25) is 9.59 Å². The number of amides is 2. The first kappa shape index (κ1) is 21.5. The van der Waals surface area contributed by atoms with Gasteiger partial charge in [0.1, 0.15) is 5.75 Å². The Morgan fingerprint density at radius 2 is 1.68 bits per heavy atom. The van der Waals surface area contributed by atoms with Crippen molar-refractivity contribution in [3.8, 4) is 5.75 Å². The minimum atomic E-state index is -0.632. The van der Waals surface area contributed by atoms with E-state index in [1.54, 1.807) is 31.2 Å². The van der Waals surface area contributed by atoms with Gasteiger partial charge in [-0.15, -0.1) is 0 Å². The summed E-state index contributed by atoms with van der Waals surface area (Å²) in [5.41, 5.74) is 2.34. The van der Waals surface area contributed by atoms with Crippen molar-refractivity contribution in [2.75, 3.05) is 18.4 Å². The minimum absolute atomic E-state index is 0.0257. The number of carbonyl (C=O) groups is 2. The summed E-state index contributed by atoms with van der Waals surface area (Å²) in [6, 6.07) is 14.6. The molecule has 0 saturated heterocycles. The summed E-state index contributed by atoms with van der Waals surface area (Å²) in [5.74, 6) is 0.451. The molecule has 0 aliphatic carbocycles. The van der Waals surface area contributed by atoms with E-state index in [9.17, 15) is 9.59 Å². The van der Waals surface area contributed by atoms with Gasteiger partial charge >= 0.3 is 0 Å². The molecular weight excluding hydrogens is 352 g/mol. The standard InChI is InChI=1S/C23H30N2O3/c1-5-14-25(15-6-2)23(27)19-10-12-20(13-11-19)24-22(26)18(4)28-21-9-7-8-17(3)16-21/h7-13,16,18H,5-6,14-15H2,1-4H3,(H,24,26). The van der Waals surface area contributed by atoms with Crippen molar-refractivity contribution in [1.82, 2.24) is 4.90 Å². The van der Waals surface area contributed by atoms with Crippen molar-refractivity contribution in [3.05, 3.63) is 59.7 Å². The van der Waals surface area contributed by atoms with E-state index >= 15 is 0 Å². The molecule has 2 amide bonds. The number of hydrogen-bond acceptors (Lipinski definition) is 3. The van der Waals surface area contributed by atoms with Crippen molar-refractivity contribution in [2.45, 2.75) is 46.6 Å². The number of carbonyl (C=O) groups excluding carboxylic acids is 2. The van der Waals surface area contributed by atoms with Gasteiger partial charge in [-0.25, -0.2) is 0 Å². The molecular formula is C23H30N2O3. The van der Waals surface area contributed by atoms with Crippen molar-refractivity contribution < 1.29 is 14.3 Å². The molecule has 0 aliphatic heterocycles. The topological polar surface area (TPSA) is 58.6 Å². The Labute approximate surface area is 167 Å². The number of benzene rings is 2. The summed E-state index contributed by atoms with van der Waals surface area (Å²) in [4.78, 5) is 26.9. The van der Waals surface area contributed by atoms with Gasteiger partial charge in [0, 0.05) is 24.3 Å². The highest BCUT2D eigenvalue weighted by atomic mass is 16.5. The molecule has 2 rings (SSSR count). The van der Waals surface area contributed by atoms with E-state index in [4.69, 9.17) is 4.74 Å². The van der Waals surface area contributed by atoms with Gasteiger partial charge in [0.2, 0.25) is 0 Å². The fourth-order valence-corrected chi connectivity index (χ4v) is 2.92. The van der Waals surface area contributed by atoms with Crippen LogP contribution in [0.3, 0.4) is 0 Å². The molecule has 0 fully saturated rings. The Kier molecular flexibility index (Phi) is 8.05. The van der Waals surface area contributed by atoms with Crippen LogP contribution in [-0.4, -0.2) is 35.9 Å². The van der Waals surface area contributed by atoms with E-state index in [1.165, 1.54) is 0 Å². The molecule has 1 unspecified atom stereocenters. The zero-order valence-electron chi connectivity index (χ0n) is 17.2. The fourth-order valence-electron chi connectivity index (χ4n) is 2.92. The lowest BCUT2D eigenvalue weighted by molar-refractivity contribution is -0.122. The van der Waals surface area contributed by atoms with Crippen LogP contribution in [0.1, 0.15) is 49.5 Å². The molecule has 1 atom stereocenters. The van der Waals surface area contributed by atoms with E-state index < -0.39 is 6.10 Å². The molecule has 0 radical (unpaired) electrons. The zero-order chi connectivity index (χ0) is 20.5. The number of hydrogen-bond donors (Lipinski definition) is 1. The number of aryl methyl sites for hydroxylation is 1. The molecule has 0 bridgehead atoms. The van der Waals surface area contributed by atoms with Gasteiger partial charge in [0.15, 0.2) is 6.10 Å². The highest BCUT2D eigenvalue weighted by Gasteiger charge is 2.17. The molecule has 0 heterocycles. The normalized spacial score (nSPS) is 11.6. The van der Waals surface area contributed by atoms with Crippen molar-refractivity contribution in [2.24, 2.45) is 0 Å². The van der Waals surface area contributed by atoms with Crippen LogP contribution in [0.2, 0.25) is 0 Å². The Morgan fingerprint density at radius 3 is 2.25 bits per heavy atom. The van der Waals surface area contributed by atoms with Crippen LogP contribution in [-0.2, 0) is 4.79 Å². The smallest absolute Gasteiger partial charge is 0.265 e. The molecule has 0 saturated carbocycles. The van der Waals surface area contributed by atoms with E-state index in [-0.39, 0.29) is 11.8 Å². The van der Waals surface area contributed by atoms with Gasteiger partial charge in [0.25, 0.3) is 11.8 Å². The Hall–Kier alpha value is -2.82. The SMILES string of the molecule is CCCN(CCC)C(=O)c1ccc(NC(=O)C(C)Oc2cccc(C)c2)cc1. The molecule has 0 aliphatic rings. The van der Waals surface area contributed by atoms with Crippen molar-refractivity contribution in [1.29, 1.82) is 0 Å². The summed E-state index contributed by atoms with van der Waals surface area (Å²) in [7, 11) is 0. The molecule has 2 aromatic rings. The first-order valence-electron chi connectivity index (χ1n) is 9.88. The van der Waals surface area contributed by atoms with E-state index in [0.717, 1.165) is 31.5 Å². The summed E-state index contributed by atoms with van der Waals surface area (Å²) >= 11 is 0. The fraction of sp³-hybridized carbons (Fsp3) is 0.391. The van der Waals surface area contributed by atoms with Crippen LogP contribution in [0.25, 0.3) is 0 Å². The second-order valence-corrected chi connectivity index (χ2v) is 6.94. The molecule has 5 nitrogen and oxygen atoms in total. The van der Waals surface area contributed by atoms with Crippen molar-refractivity contribution in [3.63, 3.8) is 0 Å². The third kappa shape index (κ3) is 6.12. The van der Waals surface area contributed by atoms with E-state index in [1.807, 2.05) is 36.1 Å². The maximum Gasteiger partial charge on any atom is 0.265 e. The van der Waals surface area contributed by atoms with Crippen LogP contribution >= 0.6 is 0 Å². The number of anilines is 1. The lowest BCUT2D eigenvalue weighted by atomic mass is 10.1. The van der Waals surface area contributed by atoms with Gasteiger partial charge in [-0.05, 0) is 68.7 Å². The zero-order valence-corrected chi connectivity index (χ0v) is 17.2. The Morgan fingerprint density at radius 1 is 1.04 bits per heavy atom. The number of nitrogens with one attached hydrogen (secondary N) is 1. The molecule has 0 aromatic heterocycles. The maximum atomic E-state index is 12.6. The van der Waals surface area contributed by atoms with Gasteiger partial charge in [0.05, 0.1) is 0 Å². The number of nitrogens with zero attached hydrogens (tertiary/aromatic N) is 1. The first-order valence-corrected chi connectivity index (χ1v) is 9.88. The van der Waals surface area contributed by atoms with Gasteiger partial charge in [-0.2, -0.15) is 0 Å². The van der Waals surface area contributed by atoms with Crippen molar-refractivity contribution >= 4 is 17.5 Å². The van der Waals surface area contributed by atoms with Crippen LogP contribution in [0.4, 0.5) is 5.69 Å². The predicted molar refractivity (Wildman–Crippen MR) is 113 cm³/mol. The second kappa shape index (κ2) is 10.5. The van der Waals surface area contributed by atoms with Gasteiger partial charge < -0.3 is 15.0 Å². The second-order valence-electron chi connectivity index (χ2n) is 6.94. The molecule has 150 valence electrons. The summed E-state index contributed by atoms with van der Waals surface area (Å²) in [6.07, 6.45) is 1.23. The van der Waals surface area contributed by atoms with Gasteiger partial charge in [-0.1, -0.05) is 26.0 Å². The molecule has 28 heavy (non-hydrogen) atoms.